The SMILES string of the molecule is CCc1ccc2c(ccn2CC(=O)Nc2c(C)cccc2C)c1. The van der Waals surface area contributed by atoms with Crippen LogP contribution in [0.15, 0.2) is 48.7 Å². The van der Waals surface area contributed by atoms with Crippen LogP contribution in [0.5, 0.6) is 0 Å². The van der Waals surface area contributed by atoms with Gasteiger partial charge in [0.1, 0.15) is 6.54 Å². The fraction of sp³-hybridized carbons (Fsp3) is 0.250. The summed E-state index contributed by atoms with van der Waals surface area (Å²) >= 11 is 0. The van der Waals surface area contributed by atoms with Crippen molar-refractivity contribution in [1.29, 1.82) is 0 Å². The molecule has 0 aliphatic rings. The Labute approximate surface area is 136 Å². The monoisotopic (exact) mass is 306 g/mol. The van der Waals surface area contributed by atoms with Crippen molar-refractivity contribution in [2.75, 3.05) is 5.32 Å². The van der Waals surface area contributed by atoms with Crippen LogP contribution in [0.4, 0.5) is 5.69 Å². The molecule has 1 N–H and O–H groups in total. The van der Waals surface area contributed by atoms with Crippen molar-refractivity contribution in [1.82, 2.24) is 4.57 Å². The summed E-state index contributed by atoms with van der Waals surface area (Å²) in [7, 11) is 0. The average Bonchev–Trinajstić information content (AvgIpc) is 2.93. The molecule has 0 unspecified atom stereocenters. The zero-order valence-electron chi connectivity index (χ0n) is 13.9. The topological polar surface area (TPSA) is 34.0 Å². The first-order valence-corrected chi connectivity index (χ1v) is 8.02. The summed E-state index contributed by atoms with van der Waals surface area (Å²) in [4.78, 5) is 12.4. The van der Waals surface area contributed by atoms with Crippen molar-refractivity contribution in [2.45, 2.75) is 33.7 Å². The maximum absolute atomic E-state index is 12.4. The Morgan fingerprint density at radius 3 is 2.52 bits per heavy atom. The number of hydrogen-bond acceptors (Lipinski definition) is 1. The molecule has 0 aliphatic carbocycles. The van der Waals surface area contributed by atoms with Gasteiger partial charge in [-0.15, -0.1) is 0 Å². The molecule has 0 radical (unpaired) electrons. The summed E-state index contributed by atoms with van der Waals surface area (Å²) in [5.74, 6) is -0.000493. The van der Waals surface area contributed by atoms with E-state index in [1.165, 1.54) is 10.9 Å². The molecule has 0 bridgehead atoms. The van der Waals surface area contributed by atoms with Crippen molar-refractivity contribution in [3.63, 3.8) is 0 Å². The number of aromatic nitrogens is 1. The predicted octanol–water partition coefficient (Wildman–Crippen LogP) is 4.46. The minimum atomic E-state index is -0.000493. The Bertz CT molecular complexity index is 841. The van der Waals surface area contributed by atoms with Gasteiger partial charge < -0.3 is 9.88 Å². The third-order valence-electron chi connectivity index (χ3n) is 4.30. The first-order chi connectivity index (χ1) is 11.1. The van der Waals surface area contributed by atoms with E-state index in [9.17, 15) is 4.79 Å². The third kappa shape index (κ3) is 3.14. The third-order valence-corrected chi connectivity index (χ3v) is 4.30. The number of anilines is 1. The van der Waals surface area contributed by atoms with Crippen molar-refractivity contribution in [3.05, 3.63) is 65.4 Å². The molecule has 0 fully saturated rings. The van der Waals surface area contributed by atoms with Crippen LogP contribution in [0, 0.1) is 13.8 Å². The van der Waals surface area contributed by atoms with E-state index in [1.807, 2.05) is 42.8 Å². The summed E-state index contributed by atoms with van der Waals surface area (Å²) in [6, 6.07) is 14.5. The van der Waals surface area contributed by atoms with Gasteiger partial charge in [0.2, 0.25) is 5.91 Å². The van der Waals surface area contributed by atoms with Crippen LogP contribution in [-0.4, -0.2) is 10.5 Å². The van der Waals surface area contributed by atoms with Gasteiger partial charge in [-0.2, -0.15) is 0 Å². The quantitative estimate of drug-likeness (QED) is 0.758. The number of carbonyl (C=O) groups is 1. The zero-order valence-corrected chi connectivity index (χ0v) is 13.9. The van der Waals surface area contributed by atoms with E-state index in [0.717, 1.165) is 28.8 Å². The van der Waals surface area contributed by atoms with Crippen molar-refractivity contribution in [2.24, 2.45) is 0 Å². The second-order valence-electron chi connectivity index (χ2n) is 6.01. The number of carbonyl (C=O) groups excluding carboxylic acids is 1. The largest absolute Gasteiger partial charge is 0.338 e. The van der Waals surface area contributed by atoms with Gasteiger partial charge >= 0.3 is 0 Å². The molecule has 0 saturated heterocycles. The van der Waals surface area contributed by atoms with Crippen LogP contribution < -0.4 is 5.32 Å². The number of amides is 1. The van der Waals surface area contributed by atoms with E-state index in [-0.39, 0.29) is 5.91 Å². The molecule has 118 valence electrons. The predicted molar refractivity (Wildman–Crippen MR) is 95.9 cm³/mol. The second-order valence-corrected chi connectivity index (χ2v) is 6.01. The molecule has 1 aromatic heterocycles. The van der Waals surface area contributed by atoms with Gasteiger partial charge in [-0.25, -0.2) is 0 Å². The summed E-state index contributed by atoms with van der Waals surface area (Å²) in [6.07, 6.45) is 3.00. The number of hydrogen-bond donors (Lipinski definition) is 1. The van der Waals surface area contributed by atoms with E-state index < -0.39 is 0 Å². The van der Waals surface area contributed by atoms with Crippen LogP contribution in [0.3, 0.4) is 0 Å². The number of nitrogens with one attached hydrogen (secondary N) is 1. The number of fused-ring (bicyclic) bond motifs is 1. The molecule has 0 saturated carbocycles. The van der Waals surface area contributed by atoms with Gasteiger partial charge in [0, 0.05) is 17.4 Å². The molecule has 3 rings (SSSR count). The van der Waals surface area contributed by atoms with E-state index in [0.29, 0.717) is 6.54 Å². The highest BCUT2D eigenvalue weighted by atomic mass is 16.1. The molecular formula is C20H22N2O. The van der Waals surface area contributed by atoms with Gasteiger partial charge in [0.05, 0.1) is 0 Å². The number of rotatable bonds is 4. The van der Waals surface area contributed by atoms with E-state index in [4.69, 9.17) is 0 Å². The summed E-state index contributed by atoms with van der Waals surface area (Å²) in [5, 5.41) is 4.23. The maximum atomic E-state index is 12.4. The lowest BCUT2D eigenvalue weighted by molar-refractivity contribution is -0.116. The Hall–Kier alpha value is -2.55. The van der Waals surface area contributed by atoms with Crippen LogP contribution in [0.25, 0.3) is 10.9 Å². The van der Waals surface area contributed by atoms with Gasteiger partial charge in [0.25, 0.3) is 0 Å². The van der Waals surface area contributed by atoms with Crippen LogP contribution in [0.1, 0.15) is 23.6 Å². The Morgan fingerprint density at radius 2 is 1.83 bits per heavy atom. The van der Waals surface area contributed by atoms with Crippen LogP contribution in [-0.2, 0) is 17.8 Å². The number of aryl methyl sites for hydroxylation is 3. The van der Waals surface area contributed by atoms with Crippen molar-refractivity contribution < 1.29 is 4.79 Å². The minimum Gasteiger partial charge on any atom is -0.338 e. The Morgan fingerprint density at radius 1 is 1.09 bits per heavy atom. The van der Waals surface area contributed by atoms with Gasteiger partial charge in [-0.3, -0.25) is 4.79 Å². The molecule has 1 heterocycles. The number of nitrogens with zero attached hydrogens (tertiary/aromatic N) is 1. The van der Waals surface area contributed by atoms with Crippen LogP contribution >= 0.6 is 0 Å². The maximum Gasteiger partial charge on any atom is 0.244 e. The molecule has 0 atom stereocenters. The molecule has 2 aromatic carbocycles. The lowest BCUT2D eigenvalue weighted by atomic mass is 10.1. The molecule has 23 heavy (non-hydrogen) atoms. The summed E-state index contributed by atoms with van der Waals surface area (Å²) in [5.41, 5.74) is 5.50. The van der Waals surface area contributed by atoms with E-state index in [2.05, 4.69) is 36.5 Å². The summed E-state index contributed by atoms with van der Waals surface area (Å²) in [6.45, 7) is 6.50. The molecular weight excluding hydrogens is 284 g/mol. The van der Waals surface area contributed by atoms with E-state index in [1.54, 1.807) is 0 Å². The molecule has 1 amide bonds. The molecule has 0 spiro atoms. The molecule has 3 aromatic rings. The smallest absolute Gasteiger partial charge is 0.244 e. The number of benzene rings is 2. The standard InChI is InChI=1S/C20H22N2O/c1-4-16-8-9-18-17(12-16)10-11-22(18)13-19(23)21-20-14(2)6-5-7-15(20)3/h5-12H,4,13H2,1-3H3,(H,21,23). The Balaban J connectivity index is 1.81. The van der Waals surface area contributed by atoms with E-state index >= 15 is 0 Å². The average molecular weight is 306 g/mol. The highest BCUT2D eigenvalue weighted by Crippen LogP contribution is 2.21. The fourth-order valence-electron chi connectivity index (χ4n) is 2.95. The van der Waals surface area contributed by atoms with Crippen molar-refractivity contribution >= 4 is 22.5 Å². The highest BCUT2D eigenvalue weighted by molar-refractivity contribution is 5.93. The first-order valence-electron chi connectivity index (χ1n) is 8.02. The first kappa shape index (κ1) is 15.3. The Kier molecular flexibility index (Phi) is 4.20. The van der Waals surface area contributed by atoms with Crippen molar-refractivity contribution in [3.8, 4) is 0 Å². The number of para-hydroxylation sites is 1. The second kappa shape index (κ2) is 6.29. The molecule has 3 heteroatoms. The zero-order chi connectivity index (χ0) is 16.4. The van der Waals surface area contributed by atoms with Gasteiger partial charge in [0.15, 0.2) is 0 Å². The molecule has 3 nitrogen and oxygen atoms in total. The van der Waals surface area contributed by atoms with Crippen LogP contribution in [0.2, 0.25) is 0 Å². The lowest BCUT2D eigenvalue weighted by Gasteiger charge is -2.12. The van der Waals surface area contributed by atoms with Gasteiger partial charge in [-0.05, 0) is 60.5 Å². The summed E-state index contributed by atoms with van der Waals surface area (Å²) < 4.78 is 2.00. The fourth-order valence-corrected chi connectivity index (χ4v) is 2.95. The van der Waals surface area contributed by atoms with Gasteiger partial charge in [-0.1, -0.05) is 31.2 Å². The molecule has 0 aliphatic heterocycles. The highest BCUT2D eigenvalue weighted by Gasteiger charge is 2.09. The lowest BCUT2D eigenvalue weighted by Crippen LogP contribution is -2.19. The minimum absolute atomic E-state index is 0.000493. The normalized spacial score (nSPS) is 10.9.